The maximum absolute atomic E-state index is 12.8. The summed E-state index contributed by atoms with van der Waals surface area (Å²) in [5.41, 5.74) is 1.29. The number of benzene rings is 1. The van der Waals surface area contributed by atoms with Gasteiger partial charge in [0.15, 0.2) is 0 Å². The van der Waals surface area contributed by atoms with Crippen LogP contribution in [0.2, 0.25) is 0 Å². The summed E-state index contributed by atoms with van der Waals surface area (Å²) in [6.07, 6.45) is 3.17. The van der Waals surface area contributed by atoms with E-state index >= 15 is 0 Å². The minimum Gasteiger partial charge on any atom is -0.481 e. The van der Waals surface area contributed by atoms with E-state index in [1.54, 1.807) is 0 Å². The first-order valence-electron chi connectivity index (χ1n) is 8.91. The lowest BCUT2D eigenvalue weighted by molar-refractivity contribution is -0.147. The number of hydrogen-bond acceptors (Lipinski definition) is 3. The molecule has 5 nitrogen and oxygen atoms in total. The molecular weight excluding hydrogens is 304 g/mol. The fraction of sp³-hybridized carbons (Fsp3) is 0.579. The third-order valence-corrected chi connectivity index (χ3v) is 5.26. The molecule has 2 aliphatic heterocycles. The first-order valence-corrected chi connectivity index (χ1v) is 8.91. The Bertz CT molecular complexity index is 567. The van der Waals surface area contributed by atoms with Crippen LogP contribution in [0.25, 0.3) is 0 Å². The third-order valence-electron chi connectivity index (χ3n) is 5.26. The number of carbonyl (C=O) groups excluding carboxylic acids is 1. The molecule has 2 saturated heterocycles. The minimum atomic E-state index is -0.728. The van der Waals surface area contributed by atoms with E-state index in [1.807, 2.05) is 11.0 Å². The molecule has 2 fully saturated rings. The second-order valence-corrected chi connectivity index (χ2v) is 7.00. The number of rotatable bonds is 4. The van der Waals surface area contributed by atoms with Crippen LogP contribution in [0, 0.1) is 11.8 Å². The Morgan fingerprint density at radius 3 is 2.38 bits per heavy atom. The van der Waals surface area contributed by atoms with Crippen molar-refractivity contribution in [3.63, 3.8) is 0 Å². The molecule has 0 bridgehead atoms. The van der Waals surface area contributed by atoms with Crippen LogP contribution in [0.4, 0.5) is 0 Å². The topological polar surface area (TPSA) is 60.9 Å². The Morgan fingerprint density at radius 2 is 1.71 bits per heavy atom. The fourth-order valence-electron chi connectivity index (χ4n) is 3.85. The molecule has 5 heteroatoms. The van der Waals surface area contributed by atoms with Gasteiger partial charge in [0.05, 0.1) is 11.8 Å². The summed E-state index contributed by atoms with van der Waals surface area (Å²) in [5, 5.41) is 9.08. The van der Waals surface area contributed by atoms with E-state index in [0.717, 1.165) is 32.5 Å². The van der Waals surface area contributed by atoms with Gasteiger partial charge in [0.25, 0.3) is 0 Å². The van der Waals surface area contributed by atoms with Crippen LogP contribution < -0.4 is 0 Å². The van der Waals surface area contributed by atoms with Crippen LogP contribution >= 0.6 is 0 Å². The standard InChI is InChI=1S/C19H26N2O3/c22-18(21-11-8-16(9-12-21)19(23)24)17-7-4-10-20(14-17)13-15-5-2-1-3-6-15/h1-3,5-6,16-17H,4,7-14H2,(H,23,24). The highest BCUT2D eigenvalue weighted by Gasteiger charge is 2.32. The Morgan fingerprint density at radius 1 is 1.00 bits per heavy atom. The van der Waals surface area contributed by atoms with Crippen molar-refractivity contribution in [1.82, 2.24) is 9.80 Å². The van der Waals surface area contributed by atoms with Crippen LogP contribution in [0.5, 0.6) is 0 Å². The smallest absolute Gasteiger partial charge is 0.306 e. The summed E-state index contributed by atoms with van der Waals surface area (Å²) < 4.78 is 0. The average molecular weight is 330 g/mol. The second kappa shape index (κ2) is 7.79. The molecule has 2 aliphatic rings. The zero-order valence-corrected chi connectivity index (χ0v) is 14.1. The van der Waals surface area contributed by atoms with Gasteiger partial charge in [-0.15, -0.1) is 0 Å². The van der Waals surface area contributed by atoms with Gasteiger partial charge >= 0.3 is 5.97 Å². The maximum Gasteiger partial charge on any atom is 0.306 e. The summed E-state index contributed by atoms with van der Waals surface area (Å²) in [6.45, 7) is 3.92. The van der Waals surface area contributed by atoms with E-state index in [2.05, 4.69) is 29.2 Å². The number of hydrogen-bond donors (Lipinski definition) is 1. The summed E-state index contributed by atoms with van der Waals surface area (Å²) in [4.78, 5) is 28.1. The van der Waals surface area contributed by atoms with Crippen molar-refractivity contribution in [2.24, 2.45) is 11.8 Å². The first-order chi connectivity index (χ1) is 11.6. The van der Waals surface area contributed by atoms with E-state index in [9.17, 15) is 9.59 Å². The number of nitrogens with zero attached hydrogens (tertiary/aromatic N) is 2. The molecular formula is C19H26N2O3. The van der Waals surface area contributed by atoms with Gasteiger partial charge in [-0.25, -0.2) is 0 Å². The van der Waals surface area contributed by atoms with Crippen LogP contribution in [0.1, 0.15) is 31.2 Å². The molecule has 24 heavy (non-hydrogen) atoms. The van der Waals surface area contributed by atoms with E-state index in [0.29, 0.717) is 25.9 Å². The zero-order chi connectivity index (χ0) is 16.9. The van der Waals surface area contributed by atoms with Gasteiger partial charge in [-0.05, 0) is 37.8 Å². The molecule has 2 heterocycles. The number of carbonyl (C=O) groups is 2. The molecule has 0 aromatic heterocycles. The van der Waals surface area contributed by atoms with Gasteiger partial charge in [-0.2, -0.15) is 0 Å². The molecule has 1 N–H and O–H groups in total. The average Bonchev–Trinajstić information content (AvgIpc) is 2.62. The molecule has 0 spiro atoms. The predicted octanol–water partition coefficient (Wildman–Crippen LogP) is 2.22. The fourth-order valence-corrected chi connectivity index (χ4v) is 3.85. The molecule has 0 aliphatic carbocycles. The number of likely N-dealkylation sites (tertiary alicyclic amines) is 2. The second-order valence-electron chi connectivity index (χ2n) is 7.00. The van der Waals surface area contributed by atoms with Gasteiger partial charge in [-0.1, -0.05) is 30.3 Å². The maximum atomic E-state index is 12.8. The molecule has 3 rings (SSSR count). The van der Waals surface area contributed by atoms with Crippen LogP contribution in [-0.4, -0.2) is 53.0 Å². The number of carboxylic acids is 1. The molecule has 1 aromatic carbocycles. The van der Waals surface area contributed by atoms with Gasteiger partial charge in [0, 0.05) is 26.2 Å². The highest BCUT2D eigenvalue weighted by atomic mass is 16.4. The van der Waals surface area contributed by atoms with E-state index in [4.69, 9.17) is 5.11 Å². The summed E-state index contributed by atoms with van der Waals surface area (Å²) in [5.74, 6) is -0.732. The lowest BCUT2D eigenvalue weighted by Crippen LogP contribution is -2.47. The van der Waals surface area contributed by atoms with Crippen molar-refractivity contribution in [3.8, 4) is 0 Å². The lowest BCUT2D eigenvalue weighted by Gasteiger charge is -2.37. The highest BCUT2D eigenvalue weighted by Crippen LogP contribution is 2.24. The highest BCUT2D eigenvalue weighted by molar-refractivity contribution is 5.79. The van der Waals surface area contributed by atoms with E-state index < -0.39 is 5.97 Å². The Kier molecular flexibility index (Phi) is 5.51. The van der Waals surface area contributed by atoms with Gasteiger partial charge in [-0.3, -0.25) is 14.5 Å². The van der Waals surface area contributed by atoms with Crippen molar-refractivity contribution >= 4 is 11.9 Å². The van der Waals surface area contributed by atoms with E-state index in [1.165, 1.54) is 5.56 Å². The summed E-state index contributed by atoms with van der Waals surface area (Å²) in [6, 6.07) is 10.4. The molecule has 1 amide bonds. The quantitative estimate of drug-likeness (QED) is 0.919. The van der Waals surface area contributed by atoms with Crippen molar-refractivity contribution in [1.29, 1.82) is 0 Å². The normalized spacial score (nSPS) is 23.2. The molecule has 1 unspecified atom stereocenters. The van der Waals surface area contributed by atoms with Crippen LogP contribution in [0.3, 0.4) is 0 Å². The summed E-state index contributed by atoms with van der Waals surface area (Å²) in [7, 11) is 0. The Balaban J connectivity index is 1.53. The zero-order valence-electron chi connectivity index (χ0n) is 14.1. The van der Waals surface area contributed by atoms with Gasteiger partial charge in [0.1, 0.15) is 0 Å². The lowest BCUT2D eigenvalue weighted by atomic mass is 9.92. The Labute approximate surface area is 143 Å². The van der Waals surface area contributed by atoms with Gasteiger partial charge < -0.3 is 10.0 Å². The molecule has 1 atom stereocenters. The number of carboxylic acid groups (broad SMARTS) is 1. The van der Waals surface area contributed by atoms with Gasteiger partial charge in [0.2, 0.25) is 5.91 Å². The SMILES string of the molecule is O=C(O)C1CCN(C(=O)C2CCCN(Cc3ccccc3)C2)CC1. The Hall–Kier alpha value is -1.88. The number of piperidine rings is 2. The van der Waals surface area contributed by atoms with Crippen LogP contribution in [-0.2, 0) is 16.1 Å². The van der Waals surface area contributed by atoms with Crippen molar-refractivity contribution in [3.05, 3.63) is 35.9 Å². The monoisotopic (exact) mass is 330 g/mol. The molecule has 0 radical (unpaired) electrons. The number of aliphatic carboxylic acids is 1. The third kappa shape index (κ3) is 4.15. The summed E-state index contributed by atoms with van der Waals surface area (Å²) >= 11 is 0. The van der Waals surface area contributed by atoms with Crippen LogP contribution in [0.15, 0.2) is 30.3 Å². The van der Waals surface area contributed by atoms with Crippen molar-refractivity contribution in [2.75, 3.05) is 26.2 Å². The van der Waals surface area contributed by atoms with E-state index in [-0.39, 0.29) is 17.7 Å². The minimum absolute atomic E-state index is 0.0591. The molecule has 130 valence electrons. The van der Waals surface area contributed by atoms with Crippen molar-refractivity contribution in [2.45, 2.75) is 32.2 Å². The predicted molar refractivity (Wildman–Crippen MR) is 91.4 cm³/mol. The molecule has 0 saturated carbocycles. The van der Waals surface area contributed by atoms with Crippen molar-refractivity contribution < 1.29 is 14.7 Å². The molecule has 1 aromatic rings. The largest absolute Gasteiger partial charge is 0.481 e. The first kappa shape index (κ1) is 17.0. The number of amides is 1.